The number of hydrogen-bond acceptors (Lipinski definition) is 6. The van der Waals surface area contributed by atoms with Crippen molar-refractivity contribution in [3.8, 4) is 0 Å². The zero-order valence-corrected chi connectivity index (χ0v) is 31.6. The molecule has 0 spiro atoms. The van der Waals surface area contributed by atoms with Gasteiger partial charge in [-0.25, -0.2) is 0 Å². The first-order valence-corrected chi connectivity index (χ1v) is 19.8. The minimum atomic E-state index is -0.520. The van der Waals surface area contributed by atoms with Crippen molar-refractivity contribution in [3.63, 3.8) is 0 Å². The van der Waals surface area contributed by atoms with Gasteiger partial charge in [0.25, 0.3) is 0 Å². The lowest BCUT2D eigenvalue weighted by Crippen LogP contribution is -2.66. The molecule has 6 nitrogen and oxygen atoms in total. The van der Waals surface area contributed by atoms with Crippen molar-refractivity contribution in [1.82, 2.24) is 4.90 Å². The number of carbonyl (C=O) groups is 3. The molecule has 2 heterocycles. The Labute approximate surface area is 290 Å². The third-order valence-corrected chi connectivity index (χ3v) is 17.0. The van der Waals surface area contributed by atoms with Crippen molar-refractivity contribution >= 4 is 17.7 Å². The predicted molar refractivity (Wildman–Crippen MR) is 188 cm³/mol. The smallest absolute Gasteiger partial charge is 0.311 e. The molecule has 5 aliphatic carbocycles. The molecule has 48 heavy (non-hydrogen) atoms. The number of fused-ring (bicyclic) bond motifs is 8. The van der Waals surface area contributed by atoms with Gasteiger partial charge in [0.05, 0.1) is 12.0 Å². The highest BCUT2D eigenvalue weighted by Crippen LogP contribution is 2.75. The number of allylic oxidation sites excluding steroid dienone is 2. The van der Waals surface area contributed by atoms with Crippen LogP contribution in [0.1, 0.15) is 145 Å². The molecule has 0 N–H and O–H groups in total. The number of hydrogen-bond donors (Lipinski definition) is 0. The maximum atomic E-state index is 14.8. The number of carbonyl (C=O) groups excluding carboxylic acids is 3. The standard InChI is InChI=1S/C42H65NO5/c1-27(44)48-34-15-16-40(6)33(37(34,2)3)14-17-42(8)35(40)32(45)24-29-30-25-39(5,19-18-38(30,4)20-21-41(29,42)7)36(46)47-26-28-12-11-23-43-22-10-9-13-31(28)43/h24,28,30-31,33-35H,9-23,25-26H2,1-8H3/t28-,30-,31+,33+,34+,35+,38-,39+,40+,41-,42+/m0/s1. The summed E-state index contributed by atoms with van der Waals surface area (Å²) in [5, 5.41) is 0. The minimum Gasteiger partial charge on any atom is -0.465 e. The van der Waals surface area contributed by atoms with Crippen LogP contribution in [-0.2, 0) is 23.9 Å². The third kappa shape index (κ3) is 5.05. The van der Waals surface area contributed by atoms with Gasteiger partial charge in [-0.3, -0.25) is 19.3 Å². The fourth-order valence-electron chi connectivity index (χ4n) is 13.9. The normalized spacial score (nSPS) is 48.4. The lowest BCUT2D eigenvalue weighted by atomic mass is 9.33. The molecule has 0 aromatic heterocycles. The molecule has 11 atom stereocenters. The summed E-state index contributed by atoms with van der Waals surface area (Å²) in [6.07, 6.45) is 16.9. The Bertz CT molecular complexity index is 1370. The summed E-state index contributed by atoms with van der Waals surface area (Å²) >= 11 is 0. The van der Waals surface area contributed by atoms with Crippen LogP contribution in [0.5, 0.6) is 0 Å². The second kappa shape index (κ2) is 11.7. The van der Waals surface area contributed by atoms with E-state index in [9.17, 15) is 14.4 Å². The largest absolute Gasteiger partial charge is 0.465 e. The first-order valence-electron chi connectivity index (χ1n) is 19.8. The topological polar surface area (TPSA) is 72.9 Å². The second-order valence-corrected chi connectivity index (χ2v) is 19.8. The van der Waals surface area contributed by atoms with Gasteiger partial charge in [-0.2, -0.15) is 0 Å². The van der Waals surface area contributed by atoms with Crippen molar-refractivity contribution in [2.45, 2.75) is 157 Å². The molecular weight excluding hydrogens is 598 g/mol. The first-order chi connectivity index (χ1) is 22.5. The van der Waals surface area contributed by atoms with Crippen LogP contribution in [0.2, 0.25) is 0 Å². The number of rotatable bonds is 4. The molecule has 0 amide bonds. The average molecular weight is 664 g/mol. The average Bonchev–Trinajstić information content (AvgIpc) is 3.03. The molecule has 6 heteroatoms. The molecule has 7 rings (SSSR count). The van der Waals surface area contributed by atoms with E-state index in [0.717, 1.165) is 57.8 Å². The van der Waals surface area contributed by atoms with Crippen molar-refractivity contribution in [2.24, 2.45) is 56.2 Å². The van der Waals surface area contributed by atoms with E-state index < -0.39 is 5.41 Å². The molecule has 7 aliphatic rings. The Hall–Kier alpha value is -1.69. The molecule has 0 aromatic carbocycles. The number of ketones is 1. The van der Waals surface area contributed by atoms with E-state index in [0.29, 0.717) is 30.3 Å². The van der Waals surface area contributed by atoms with Crippen molar-refractivity contribution in [2.75, 3.05) is 19.7 Å². The number of piperidine rings is 2. The van der Waals surface area contributed by atoms with Crippen molar-refractivity contribution in [3.05, 3.63) is 11.6 Å². The monoisotopic (exact) mass is 663 g/mol. The summed E-state index contributed by atoms with van der Waals surface area (Å²) in [7, 11) is 0. The van der Waals surface area contributed by atoms with Crippen LogP contribution < -0.4 is 0 Å². The van der Waals surface area contributed by atoms with Crippen LogP contribution in [0.25, 0.3) is 0 Å². The molecule has 2 saturated heterocycles. The Morgan fingerprint density at radius 2 is 1.58 bits per heavy atom. The van der Waals surface area contributed by atoms with E-state index in [2.05, 4.69) is 59.4 Å². The number of esters is 2. The first kappa shape index (κ1) is 34.7. The van der Waals surface area contributed by atoms with Gasteiger partial charge >= 0.3 is 11.9 Å². The van der Waals surface area contributed by atoms with Crippen LogP contribution >= 0.6 is 0 Å². The van der Waals surface area contributed by atoms with Crippen molar-refractivity contribution < 1.29 is 23.9 Å². The van der Waals surface area contributed by atoms with Gasteiger partial charge in [-0.05, 0) is 143 Å². The van der Waals surface area contributed by atoms with Gasteiger partial charge in [0.1, 0.15) is 6.10 Å². The van der Waals surface area contributed by atoms with Gasteiger partial charge in [-0.15, -0.1) is 0 Å². The highest BCUT2D eigenvalue weighted by atomic mass is 16.5. The fourth-order valence-corrected chi connectivity index (χ4v) is 13.9. The fraction of sp³-hybridized carbons (Fsp3) is 0.881. The van der Waals surface area contributed by atoms with E-state index in [4.69, 9.17) is 9.47 Å². The summed E-state index contributed by atoms with van der Waals surface area (Å²) in [5.41, 5.74) is 0.364. The summed E-state index contributed by atoms with van der Waals surface area (Å²) in [6, 6.07) is 0.577. The SMILES string of the molecule is CC(=O)O[C@@H]1CC[C@]2(C)[C@H](CC[C@]3(C)[C@@H]2C(=O)C=C2[C@@H]4C[C@](C)(C(=O)OC[C@@H]5CCCN6CCCC[C@H]56)CC[C@@]4(C)CC[C@@]23C)C1(C)C. The lowest BCUT2D eigenvalue weighted by molar-refractivity contribution is -0.210. The molecule has 4 saturated carbocycles. The van der Waals surface area contributed by atoms with Crippen LogP contribution in [0, 0.1) is 56.2 Å². The van der Waals surface area contributed by atoms with Crippen LogP contribution in [-0.4, -0.2) is 54.5 Å². The highest BCUT2D eigenvalue weighted by Gasteiger charge is 2.70. The van der Waals surface area contributed by atoms with E-state index in [1.54, 1.807) is 0 Å². The van der Waals surface area contributed by atoms with E-state index in [-0.39, 0.29) is 57.0 Å². The maximum absolute atomic E-state index is 14.8. The zero-order chi connectivity index (χ0) is 34.5. The summed E-state index contributed by atoms with van der Waals surface area (Å²) in [4.78, 5) is 43.6. The Kier molecular flexibility index (Phi) is 8.45. The Morgan fingerprint density at radius 3 is 2.33 bits per heavy atom. The quantitative estimate of drug-likeness (QED) is 0.280. The minimum absolute atomic E-state index is 0.00336. The third-order valence-electron chi connectivity index (χ3n) is 17.0. The van der Waals surface area contributed by atoms with Crippen LogP contribution in [0.15, 0.2) is 11.6 Å². The molecule has 2 aliphatic heterocycles. The molecular formula is C42H65NO5. The summed E-state index contributed by atoms with van der Waals surface area (Å²) < 4.78 is 12.2. The molecule has 0 unspecified atom stereocenters. The maximum Gasteiger partial charge on any atom is 0.311 e. The molecule has 0 bridgehead atoms. The van der Waals surface area contributed by atoms with Crippen LogP contribution in [0.4, 0.5) is 0 Å². The number of nitrogens with zero attached hydrogens (tertiary/aromatic N) is 1. The molecule has 268 valence electrons. The van der Waals surface area contributed by atoms with E-state index in [1.807, 2.05) is 0 Å². The lowest BCUT2D eigenvalue weighted by Gasteiger charge is -2.70. The zero-order valence-electron chi connectivity index (χ0n) is 31.6. The molecule has 6 fully saturated rings. The molecule has 0 radical (unpaired) electrons. The van der Waals surface area contributed by atoms with Crippen LogP contribution in [0.3, 0.4) is 0 Å². The summed E-state index contributed by atoms with van der Waals surface area (Å²) in [6.45, 7) is 21.0. The van der Waals surface area contributed by atoms with Gasteiger partial charge in [0.15, 0.2) is 5.78 Å². The molecule has 0 aromatic rings. The van der Waals surface area contributed by atoms with Crippen molar-refractivity contribution in [1.29, 1.82) is 0 Å². The Morgan fingerprint density at radius 1 is 0.854 bits per heavy atom. The van der Waals surface area contributed by atoms with E-state index in [1.165, 1.54) is 57.7 Å². The van der Waals surface area contributed by atoms with Gasteiger partial charge < -0.3 is 9.47 Å². The number of ether oxygens (including phenoxy) is 2. The Balaban J connectivity index is 1.15. The van der Waals surface area contributed by atoms with Gasteiger partial charge in [0.2, 0.25) is 0 Å². The van der Waals surface area contributed by atoms with E-state index >= 15 is 0 Å². The summed E-state index contributed by atoms with van der Waals surface area (Å²) in [5.74, 6) is 1.05. The van der Waals surface area contributed by atoms with Gasteiger partial charge in [-0.1, -0.05) is 53.5 Å². The predicted octanol–water partition coefficient (Wildman–Crippen LogP) is 8.71. The highest BCUT2D eigenvalue weighted by molar-refractivity contribution is 5.95. The van der Waals surface area contributed by atoms with Gasteiger partial charge in [0, 0.05) is 30.2 Å². The second-order valence-electron chi connectivity index (χ2n) is 19.8.